The summed E-state index contributed by atoms with van der Waals surface area (Å²) in [7, 11) is -4.78. The van der Waals surface area contributed by atoms with Gasteiger partial charge in [-0.15, -0.1) is 0 Å². The number of carbonyl (C=O) groups excluding carboxylic acids is 3. The van der Waals surface area contributed by atoms with Crippen molar-refractivity contribution in [3.8, 4) is 0 Å². The Balaban J connectivity index is 3.90. The fourth-order valence-corrected chi connectivity index (χ4v) is 6.99. The van der Waals surface area contributed by atoms with Gasteiger partial charge in [-0.3, -0.25) is 18.9 Å². The first kappa shape index (κ1) is 54.2. The monoisotopic (exact) mass is 813 g/mol. The summed E-state index contributed by atoms with van der Waals surface area (Å²) in [6.45, 7) is 5.94. The van der Waals surface area contributed by atoms with Crippen molar-refractivity contribution in [1.82, 2.24) is 0 Å². The van der Waals surface area contributed by atoms with Crippen LogP contribution in [0.1, 0.15) is 226 Å². The fraction of sp³-hybridized carbons (Fsp3) is 0.848. The van der Waals surface area contributed by atoms with Crippen molar-refractivity contribution in [3.63, 3.8) is 0 Å². The highest BCUT2D eigenvalue weighted by atomic mass is 31.2. The first-order valence-corrected chi connectivity index (χ1v) is 24.5. The molecular weight excluding hydrogens is 727 g/mol. The van der Waals surface area contributed by atoms with Gasteiger partial charge in [0.15, 0.2) is 11.9 Å². The molecule has 0 rings (SSSR count). The summed E-state index contributed by atoms with van der Waals surface area (Å²) in [5.41, 5.74) is 0. The van der Waals surface area contributed by atoms with Gasteiger partial charge in [0.2, 0.25) is 0 Å². The van der Waals surface area contributed by atoms with E-state index in [2.05, 4.69) is 31.4 Å². The second-order valence-electron chi connectivity index (χ2n) is 16.0. The number of phosphoric ester groups is 1. The number of phosphoric acid groups is 1. The number of hydrogen-bond donors (Lipinski definition) is 2. The fourth-order valence-electron chi connectivity index (χ4n) is 6.63. The topological polar surface area (TPSA) is 136 Å². The Hall–Kier alpha value is -1.80. The highest BCUT2D eigenvalue weighted by Gasteiger charge is 2.23. The second kappa shape index (κ2) is 40.0. The van der Waals surface area contributed by atoms with Crippen LogP contribution in [0.2, 0.25) is 0 Å². The Bertz CT molecular complexity index is 1040. The van der Waals surface area contributed by atoms with Crippen LogP contribution in [0.5, 0.6) is 0 Å². The van der Waals surface area contributed by atoms with Crippen molar-refractivity contribution in [3.05, 3.63) is 24.3 Å². The summed E-state index contributed by atoms with van der Waals surface area (Å²) in [6.07, 6.45) is 41.5. The van der Waals surface area contributed by atoms with Crippen molar-refractivity contribution in [2.75, 3.05) is 13.2 Å². The SMILES string of the molecule is CCCCC/C=C\C=C\C(=O)CCCCCCCC(=O)OC[C@H](COP(=O)(O)O)OC(=O)CCCCCCCCCCCCCCCCCCCCC(C)CC. The predicted molar refractivity (Wildman–Crippen MR) is 230 cm³/mol. The molecule has 0 aliphatic rings. The standard InChI is InChI=1S/C46H85O9P/c1-4-6-7-8-21-26-31-36-43(47)37-32-27-24-29-33-38-45(48)53-40-44(41-54-56(50,51)52)55-46(49)39-34-28-23-20-18-16-14-12-10-9-11-13-15-17-19-22-25-30-35-42(3)5-2/h21,26,31,36,42,44H,4-20,22-25,27-30,32-35,37-41H2,1-3H3,(H2,50,51,52)/b26-21-,36-31+/t42?,44-/m1/s1. The third kappa shape index (κ3) is 41.8. The number of unbranched alkanes of at least 4 members (excludes halogenated alkanes) is 24. The maximum atomic E-state index is 12.4. The van der Waals surface area contributed by atoms with Crippen LogP contribution in [0.15, 0.2) is 24.3 Å². The van der Waals surface area contributed by atoms with Crippen LogP contribution in [-0.4, -0.2) is 46.8 Å². The molecule has 9 nitrogen and oxygen atoms in total. The van der Waals surface area contributed by atoms with E-state index >= 15 is 0 Å². The van der Waals surface area contributed by atoms with Gasteiger partial charge in [0.05, 0.1) is 6.61 Å². The lowest BCUT2D eigenvalue weighted by Gasteiger charge is -2.18. The molecule has 0 aromatic heterocycles. The van der Waals surface area contributed by atoms with Crippen LogP contribution in [-0.2, 0) is 32.9 Å². The minimum Gasteiger partial charge on any atom is -0.462 e. The number of hydrogen-bond acceptors (Lipinski definition) is 7. The van der Waals surface area contributed by atoms with E-state index < -0.39 is 32.5 Å². The van der Waals surface area contributed by atoms with E-state index in [-0.39, 0.29) is 25.2 Å². The first-order valence-electron chi connectivity index (χ1n) is 23.0. The quantitative estimate of drug-likeness (QED) is 0.0203. The van der Waals surface area contributed by atoms with Crippen molar-refractivity contribution in [2.45, 2.75) is 232 Å². The number of ketones is 1. The summed E-state index contributed by atoms with van der Waals surface area (Å²) < 4.78 is 26.4. The Morgan fingerprint density at radius 3 is 1.52 bits per heavy atom. The highest BCUT2D eigenvalue weighted by molar-refractivity contribution is 7.46. The van der Waals surface area contributed by atoms with Crippen LogP contribution >= 0.6 is 7.82 Å². The molecule has 0 fully saturated rings. The Kier molecular flexibility index (Phi) is 38.7. The second-order valence-corrected chi connectivity index (χ2v) is 17.3. The van der Waals surface area contributed by atoms with E-state index in [0.717, 1.165) is 57.3 Å². The summed E-state index contributed by atoms with van der Waals surface area (Å²) in [4.78, 5) is 54.9. The maximum Gasteiger partial charge on any atom is 0.469 e. The molecule has 0 aromatic rings. The molecule has 0 amide bonds. The lowest BCUT2D eigenvalue weighted by Crippen LogP contribution is -2.29. The van der Waals surface area contributed by atoms with Gasteiger partial charge in [0, 0.05) is 19.3 Å². The smallest absolute Gasteiger partial charge is 0.462 e. The number of allylic oxidation sites excluding steroid dienone is 4. The van der Waals surface area contributed by atoms with E-state index in [1.54, 1.807) is 6.08 Å². The number of carbonyl (C=O) groups is 3. The molecule has 0 saturated heterocycles. The number of rotatable bonds is 42. The summed E-state index contributed by atoms with van der Waals surface area (Å²) in [5.74, 6) is 0.0475. The summed E-state index contributed by atoms with van der Waals surface area (Å²) in [5, 5.41) is 0. The summed E-state index contributed by atoms with van der Waals surface area (Å²) >= 11 is 0. The lowest BCUT2D eigenvalue weighted by molar-refractivity contribution is -0.161. The molecule has 0 aliphatic heterocycles. The van der Waals surface area contributed by atoms with Crippen LogP contribution in [0.25, 0.3) is 0 Å². The molecule has 328 valence electrons. The van der Waals surface area contributed by atoms with E-state index in [0.29, 0.717) is 19.3 Å². The van der Waals surface area contributed by atoms with Gasteiger partial charge in [-0.2, -0.15) is 0 Å². The molecule has 0 saturated carbocycles. The maximum absolute atomic E-state index is 12.4. The summed E-state index contributed by atoms with van der Waals surface area (Å²) in [6, 6.07) is 0. The van der Waals surface area contributed by atoms with Crippen LogP contribution in [0.3, 0.4) is 0 Å². The van der Waals surface area contributed by atoms with Crippen LogP contribution in [0, 0.1) is 5.92 Å². The van der Waals surface area contributed by atoms with Crippen LogP contribution in [0.4, 0.5) is 0 Å². The van der Waals surface area contributed by atoms with Gasteiger partial charge in [-0.05, 0) is 44.1 Å². The van der Waals surface area contributed by atoms with E-state index in [1.165, 1.54) is 122 Å². The molecule has 0 spiro atoms. The van der Waals surface area contributed by atoms with Gasteiger partial charge < -0.3 is 19.3 Å². The molecule has 2 atom stereocenters. The van der Waals surface area contributed by atoms with Crippen molar-refractivity contribution < 1.29 is 42.7 Å². The zero-order valence-corrected chi connectivity index (χ0v) is 37.1. The minimum absolute atomic E-state index is 0.121. The van der Waals surface area contributed by atoms with Crippen molar-refractivity contribution in [2.24, 2.45) is 5.92 Å². The molecule has 0 aromatic carbocycles. The molecule has 1 unspecified atom stereocenters. The number of ether oxygens (including phenoxy) is 2. The molecule has 10 heteroatoms. The average molecular weight is 813 g/mol. The molecule has 0 bridgehead atoms. The van der Waals surface area contributed by atoms with Crippen molar-refractivity contribution in [1.29, 1.82) is 0 Å². The molecule has 0 radical (unpaired) electrons. The molecular formula is C46H85O9P. The third-order valence-electron chi connectivity index (χ3n) is 10.5. The van der Waals surface area contributed by atoms with Crippen LogP contribution < -0.4 is 0 Å². The van der Waals surface area contributed by atoms with E-state index in [4.69, 9.17) is 19.3 Å². The number of esters is 2. The molecule has 56 heavy (non-hydrogen) atoms. The molecule has 2 N–H and O–H groups in total. The average Bonchev–Trinajstić information content (AvgIpc) is 3.16. The first-order chi connectivity index (χ1) is 27.1. The zero-order valence-electron chi connectivity index (χ0n) is 36.2. The largest absolute Gasteiger partial charge is 0.469 e. The lowest BCUT2D eigenvalue weighted by atomic mass is 9.99. The third-order valence-corrected chi connectivity index (χ3v) is 11.0. The minimum atomic E-state index is -4.78. The van der Waals surface area contributed by atoms with Gasteiger partial charge in [0.25, 0.3) is 0 Å². The zero-order chi connectivity index (χ0) is 41.4. The van der Waals surface area contributed by atoms with E-state index in [9.17, 15) is 18.9 Å². The Morgan fingerprint density at radius 1 is 0.571 bits per heavy atom. The molecule has 0 aliphatic carbocycles. The van der Waals surface area contributed by atoms with E-state index in [1.807, 2.05) is 12.2 Å². The molecule has 0 heterocycles. The van der Waals surface area contributed by atoms with Crippen molar-refractivity contribution >= 4 is 25.5 Å². The Morgan fingerprint density at radius 2 is 1.04 bits per heavy atom. The predicted octanol–water partition coefficient (Wildman–Crippen LogP) is 13.4. The van der Waals surface area contributed by atoms with Gasteiger partial charge in [-0.25, -0.2) is 4.57 Å². The Labute approximate surface area is 343 Å². The van der Waals surface area contributed by atoms with Gasteiger partial charge in [-0.1, -0.05) is 193 Å². The normalized spacial score (nSPS) is 13.1. The highest BCUT2D eigenvalue weighted by Crippen LogP contribution is 2.36. The van der Waals surface area contributed by atoms with Gasteiger partial charge in [0.1, 0.15) is 6.61 Å². The van der Waals surface area contributed by atoms with Gasteiger partial charge >= 0.3 is 19.8 Å².